The van der Waals surface area contributed by atoms with Gasteiger partial charge in [-0.2, -0.15) is 0 Å². The maximum absolute atomic E-state index is 11.9. The van der Waals surface area contributed by atoms with E-state index in [4.69, 9.17) is 4.74 Å². The Morgan fingerprint density at radius 3 is 2.75 bits per heavy atom. The van der Waals surface area contributed by atoms with Crippen LogP contribution >= 0.6 is 0 Å². The van der Waals surface area contributed by atoms with Gasteiger partial charge in [-0.3, -0.25) is 4.98 Å². The van der Waals surface area contributed by atoms with Gasteiger partial charge < -0.3 is 10.1 Å². The predicted molar refractivity (Wildman–Crippen MR) is 76.5 cm³/mol. The van der Waals surface area contributed by atoms with Crippen LogP contribution in [0.25, 0.3) is 0 Å². The van der Waals surface area contributed by atoms with Gasteiger partial charge in [-0.15, -0.1) is 0 Å². The molecule has 0 aliphatic heterocycles. The van der Waals surface area contributed by atoms with E-state index in [0.29, 0.717) is 18.0 Å². The summed E-state index contributed by atoms with van der Waals surface area (Å²) in [4.78, 5) is 20.1. The number of anilines is 1. The maximum Gasteiger partial charge on any atom is 0.341 e. The molecule has 5 nitrogen and oxygen atoms in total. The largest absolute Gasteiger partial charge is 0.462 e. The van der Waals surface area contributed by atoms with Crippen molar-refractivity contribution in [1.29, 1.82) is 0 Å². The van der Waals surface area contributed by atoms with Gasteiger partial charge in [0.2, 0.25) is 0 Å². The zero-order chi connectivity index (χ0) is 14.4. The van der Waals surface area contributed by atoms with Crippen molar-refractivity contribution in [3.8, 4) is 0 Å². The molecule has 2 aromatic heterocycles. The lowest BCUT2D eigenvalue weighted by Crippen LogP contribution is -2.14. The first kappa shape index (κ1) is 14.0. The van der Waals surface area contributed by atoms with Crippen LogP contribution in [0.2, 0.25) is 0 Å². The Hall–Kier alpha value is -2.43. The van der Waals surface area contributed by atoms with E-state index in [9.17, 15) is 4.79 Å². The molecule has 0 saturated heterocycles. The monoisotopic (exact) mass is 271 g/mol. The Bertz CT molecular complexity index is 572. The van der Waals surface area contributed by atoms with E-state index in [2.05, 4.69) is 15.3 Å². The van der Waals surface area contributed by atoms with Crippen molar-refractivity contribution >= 4 is 11.8 Å². The molecule has 5 heteroatoms. The van der Waals surface area contributed by atoms with Gasteiger partial charge in [-0.25, -0.2) is 9.78 Å². The van der Waals surface area contributed by atoms with Gasteiger partial charge in [0.15, 0.2) is 0 Å². The molecule has 0 aromatic carbocycles. The van der Waals surface area contributed by atoms with Gasteiger partial charge in [0, 0.05) is 18.6 Å². The molecule has 1 N–H and O–H groups in total. The molecule has 0 amide bonds. The summed E-state index contributed by atoms with van der Waals surface area (Å²) in [7, 11) is 0. The molecule has 0 spiro atoms. The van der Waals surface area contributed by atoms with Crippen molar-refractivity contribution in [3.05, 3.63) is 54.0 Å². The number of nitrogens with one attached hydrogen (secondary N) is 1. The van der Waals surface area contributed by atoms with E-state index in [-0.39, 0.29) is 12.0 Å². The number of nitrogens with zero attached hydrogens (tertiary/aromatic N) is 2. The molecule has 1 atom stereocenters. The Labute approximate surface area is 118 Å². The predicted octanol–water partition coefficient (Wildman–Crippen LogP) is 2.83. The number of hydrogen-bond acceptors (Lipinski definition) is 5. The molecule has 0 bridgehead atoms. The van der Waals surface area contributed by atoms with Gasteiger partial charge in [-0.1, -0.05) is 0 Å². The van der Waals surface area contributed by atoms with E-state index >= 15 is 0 Å². The van der Waals surface area contributed by atoms with Crippen molar-refractivity contribution < 1.29 is 9.53 Å². The van der Waals surface area contributed by atoms with Crippen LogP contribution in [0.15, 0.2) is 42.9 Å². The third-order valence-electron chi connectivity index (χ3n) is 2.86. The number of ether oxygens (including phenoxy) is 1. The highest BCUT2D eigenvalue weighted by Crippen LogP contribution is 2.20. The Kier molecular flexibility index (Phi) is 4.65. The summed E-state index contributed by atoms with van der Waals surface area (Å²) in [5.41, 5.74) is 1.51. The second-order valence-electron chi connectivity index (χ2n) is 4.27. The fourth-order valence-electron chi connectivity index (χ4n) is 1.83. The third kappa shape index (κ3) is 3.32. The SMILES string of the molecule is CCOC(=O)c1cccnc1NC(C)c1ccncc1. The van der Waals surface area contributed by atoms with Gasteiger partial charge in [-0.05, 0) is 43.7 Å². The van der Waals surface area contributed by atoms with Gasteiger partial charge in [0.1, 0.15) is 11.4 Å². The van der Waals surface area contributed by atoms with Gasteiger partial charge in [0.05, 0.1) is 12.6 Å². The number of pyridine rings is 2. The molecule has 20 heavy (non-hydrogen) atoms. The summed E-state index contributed by atoms with van der Waals surface area (Å²) in [5.74, 6) is 0.153. The number of hydrogen-bond donors (Lipinski definition) is 1. The van der Waals surface area contributed by atoms with Crippen molar-refractivity contribution in [1.82, 2.24) is 9.97 Å². The van der Waals surface area contributed by atoms with E-state index in [0.717, 1.165) is 5.56 Å². The van der Waals surface area contributed by atoms with Crippen LogP contribution in [0, 0.1) is 0 Å². The lowest BCUT2D eigenvalue weighted by Gasteiger charge is -2.16. The van der Waals surface area contributed by atoms with Crippen LogP contribution in [-0.2, 0) is 4.74 Å². The molecule has 2 aromatic rings. The Balaban J connectivity index is 2.19. The fourth-order valence-corrected chi connectivity index (χ4v) is 1.83. The van der Waals surface area contributed by atoms with Crippen molar-refractivity contribution in [3.63, 3.8) is 0 Å². The summed E-state index contributed by atoms with van der Waals surface area (Å²) < 4.78 is 5.03. The van der Waals surface area contributed by atoms with Gasteiger partial charge in [0.25, 0.3) is 0 Å². The van der Waals surface area contributed by atoms with Crippen LogP contribution in [0.1, 0.15) is 35.8 Å². The number of carbonyl (C=O) groups is 1. The molecule has 2 heterocycles. The fraction of sp³-hybridized carbons (Fsp3) is 0.267. The molecule has 0 fully saturated rings. The third-order valence-corrected chi connectivity index (χ3v) is 2.86. The smallest absolute Gasteiger partial charge is 0.341 e. The molecule has 104 valence electrons. The quantitative estimate of drug-likeness (QED) is 0.847. The molecule has 0 aliphatic rings. The van der Waals surface area contributed by atoms with Crippen LogP contribution in [0.4, 0.5) is 5.82 Å². The van der Waals surface area contributed by atoms with E-state index < -0.39 is 0 Å². The number of carbonyl (C=O) groups excluding carboxylic acids is 1. The average Bonchev–Trinajstić information content (AvgIpc) is 2.49. The first-order valence-corrected chi connectivity index (χ1v) is 6.51. The summed E-state index contributed by atoms with van der Waals surface area (Å²) in [6.45, 7) is 4.12. The summed E-state index contributed by atoms with van der Waals surface area (Å²) in [6.07, 6.45) is 5.11. The van der Waals surface area contributed by atoms with Crippen LogP contribution in [0.3, 0.4) is 0 Å². The Morgan fingerprint density at radius 1 is 1.30 bits per heavy atom. The van der Waals surface area contributed by atoms with Crippen molar-refractivity contribution in [2.24, 2.45) is 0 Å². The summed E-state index contributed by atoms with van der Waals surface area (Å²) >= 11 is 0. The van der Waals surface area contributed by atoms with Crippen LogP contribution < -0.4 is 5.32 Å². The molecular formula is C15H17N3O2. The molecule has 0 radical (unpaired) electrons. The number of aromatic nitrogens is 2. The molecular weight excluding hydrogens is 254 g/mol. The molecule has 1 unspecified atom stereocenters. The molecule has 0 aliphatic carbocycles. The lowest BCUT2D eigenvalue weighted by molar-refractivity contribution is 0.0527. The first-order chi connectivity index (χ1) is 9.72. The first-order valence-electron chi connectivity index (χ1n) is 6.51. The van der Waals surface area contributed by atoms with E-state index in [1.165, 1.54) is 0 Å². The highest BCUT2D eigenvalue weighted by atomic mass is 16.5. The van der Waals surface area contributed by atoms with Gasteiger partial charge >= 0.3 is 5.97 Å². The second kappa shape index (κ2) is 6.65. The minimum absolute atomic E-state index is 0.0149. The van der Waals surface area contributed by atoms with E-state index in [1.807, 2.05) is 19.1 Å². The normalized spacial score (nSPS) is 11.7. The van der Waals surface area contributed by atoms with Crippen LogP contribution in [0.5, 0.6) is 0 Å². The van der Waals surface area contributed by atoms with Crippen molar-refractivity contribution in [2.75, 3.05) is 11.9 Å². The second-order valence-corrected chi connectivity index (χ2v) is 4.27. The highest BCUT2D eigenvalue weighted by molar-refractivity contribution is 5.94. The molecule has 0 saturated carbocycles. The topological polar surface area (TPSA) is 64.1 Å². The minimum Gasteiger partial charge on any atom is -0.462 e. The average molecular weight is 271 g/mol. The number of rotatable bonds is 5. The standard InChI is InChI=1S/C15H17N3O2/c1-3-20-15(19)13-5-4-8-17-14(13)18-11(2)12-6-9-16-10-7-12/h4-11H,3H2,1-2H3,(H,17,18). The summed E-state index contributed by atoms with van der Waals surface area (Å²) in [5, 5.41) is 3.23. The Morgan fingerprint density at radius 2 is 2.05 bits per heavy atom. The zero-order valence-electron chi connectivity index (χ0n) is 11.5. The zero-order valence-corrected chi connectivity index (χ0v) is 11.5. The number of esters is 1. The van der Waals surface area contributed by atoms with Crippen molar-refractivity contribution in [2.45, 2.75) is 19.9 Å². The van der Waals surface area contributed by atoms with E-state index in [1.54, 1.807) is 37.6 Å². The molecule has 2 rings (SSSR count). The lowest BCUT2D eigenvalue weighted by atomic mass is 10.1. The highest BCUT2D eigenvalue weighted by Gasteiger charge is 2.15. The van der Waals surface area contributed by atoms with Crippen LogP contribution in [-0.4, -0.2) is 22.5 Å². The summed E-state index contributed by atoms with van der Waals surface area (Å²) in [6, 6.07) is 7.28. The maximum atomic E-state index is 11.9. The minimum atomic E-state index is -0.370.